The first-order valence-corrected chi connectivity index (χ1v) is 10.1. The van der Waals surface area contributed by atoms with Gasteiger partial charge in [0.1, 0.15) is 0 Å². The SMILES string of the molecule is O=C(O)C(CNC(=O)C(Cc1ccccc1)CP(=O)(O)O)CC1CC1. The fourth-order valence-corrected chi connectivity index (χ4v) is 3.69. The molecule has 1 saturated carbocycles. The maximum atomic E-state index is 12.4. The highest BCUT2D eigenvalue weighted by Gasteiger charge is 2.31. The summed E-state index contributed by atoms with van der Waals surface area (Å²) in [5.74, 6) is -2.63. The van der Waals surface area contributed by atoms with E-state index in [1.165, 1.54) is 0 Å². The van der Waals surface area contributed by atoms with Crippen LogP contribution in [0.4, 0.5) is 0 Å². The maximum Gasteiger partial charge on any atom is 0.326 e. The number of carboxylic acid groups (broad SMARTS) is 1. The number of carbonyl (C=O) groups excluding carboxylic acids is 1. The number of carbonyl (C=O) groups is 2. The molecule has 2 unspecified atom stereocenters. The zero-order chi connectivity index (χ0) is 18.4. The zero-order valence-corrected chi connectivity index (χ0v) is 14.8. The van der Waals surface area contributed by atoms with Crippen molar-refractivity contribution in [3.05, 3.63) is 35.9 Å². The van der Waals surface area contributed by atoms with Gasteiger partial charge >= 0.3 is 13.6 Å². The van der Waals surface area contributed by atoms with E-state index >= 15 is 0 Å². The predicted molar refractivity (Wildman–Crippen MR) is 92.0 cm³/mol. The fraction of sp³-hybridized carbons (Fsp3) is 0.529. The Kier molecular flexibility index (Phi) is 6.76. The average molecular weight is 369 g/mol. The molecule has 1 fully saturated rings. The van der Waals surface area contributed by atoms with Crippen LogP contribution < -0.4 is 5.32 Å². The van der Waals surface area contributed by atoms with Crippen LogP contribution >= 0.6 is 7.60 Å². The van der Waals surface area contributed by atoms with Gasteiger partial charge in [0.05, 0.1) is 18.0 Å². The van der Waals surface area contributed by atoms with Crippen molar-refractivity contribution < 1.29 is 29.0 Å². The quantitative estimate of drug-likeness (QED) is 0.465. The summed E-state index contributed by atoms with van der Waals surface area (Å²) >= 11 is 0. The van der Waals surface area contributed by atoms with Gasteiger partial charge in [0, 0.05) is 6.54 Å². The Labute approximate surface area is 146 Å². The molecule has 2 atom stereocenters. The number of hydrogen-bond donors (Lipinski definition) is 4. The van der Waals surface area contributed by atoms with Gasteiger partial charge < -0.3 is 20.2 Å². The van der Waals surface area contributed by atoms with Crippen molar-refractivity contribution in [2.24, 2.45) is 17.8 Å². The van der Waals surface area contributed by atoms with Crippen LogP contribution in [-0.4, -0.2) is 39.5 Å². The summed E-state index contributed by atoms with van der Waals surface area (Å²) in [6.07, 6.45) is 2.20. The van der Waals surface area contributed by atoms with E-state index in [1.807, 2.05) is 6.07 Å². The normalized spacial score (nSPS) is 16.9. The molecule has 25 heavy (non-hydrogen) atoms. The molecule has 1 amide bonds. The smallest absolute Gasteiger partial charge is 0.326 e. The van der Waals surface area contributed by atoms with Crippen molar-refractivity contribution in [3.63, 3.8) is 0 Å². The minimum absolute atomic E-state index is 0.0168. The maximum absolute atomic E-state index is 12.4. The third-order valence-corrected chi connectivity index (χ3v) is 5.26. The van der Waals surface area contributed by atoms with E-state index in [1.54, 1.807) is 24.3 Å². The van der Waals surface area contributed by atoms with Crippen LogP contribution in [0, 0.1) is 17.8 Å². The first-order chi connectivity index (χ1) is 11.7. The number of amides is 1. The molecule has 0 heterocycles. The summed E-state index contributed by atoms with van der Waals surface area (Å²) in [7, 11) is -4.37. The molecule has 1 aromatic carbocycles. The van der Waals surface area contributed by atoms with E-state index in [-0.39, 0.29) is 13.0 Å². The highest BCUT2D eigenvalue weighted by atomic mass is 31.2. The Morgan fingerprint density at radius 3 is 2.32 bits per heavy atom. The summed E-state index contributed by atoms with van der Waals surface area (Å²) in [4.78, 5) is 42.2. The van der Waals surface area contributed by atoms with E-state index in [4.69, 9.17) is 0 Å². The highest BCUT2D eigenvalue weighted by Crippen LogP contribution is 2.38. The monoisotopic (exact) mass is 369 g/mol. The molecule has 1 aliphatic carbocycles. The van der Waals surface area contributed by atoms with Gasteiger partial charge in [-0.05, 0) is 24.3 Å². The van der Waals surface area contributed by atoms with Gasteiger partial charge in [-0.2, -0.15) is 0 Å². The highest BCUT2D eigenvalue weighted by molar-refractivity contribution is 7.51. The number of hydrogen-bond acceptors (Lipinski definition) is 3. The molecule has 1 aromatic rings. The molecule has 2 rings (SSSR count). The Hall–Kier alpha value is -1.69. The average Bonchev–Trinajstić information content (AvgIpc) is 3.34. The lowest BCUT2D eigenvalue weighted by atomic mass is 9.99. The van der Waals surface area contributed by atoms with E-state index < -0.39 is 37.5 Å². The second-order valence-electron chi connectivity index (χ2n) is 6.69. The van der Waals surface area contributed by atoms with Crippen molar-refractivity contribution in [3.8, 4) is 0 Å². The van der Waals surface area contributed by atoms with Gasteiger partial charge in [-0.1, -0.05) is 43.2 Å². The van der Waals surface area contributed by atoms with Crippen LogP contribution in [0.2, 0.25) is 0 Å². The van der Waals surface area contributed by atoms with Crippen molar-refractivity contribution in [1.82, 2.24) is 5.32 Å². The van der Waals surface area contributed by atoms with Crippen LogP contribution in [0.3, 0.4) is 0 Å². The molecule has 1 aliphatic rings. The number of rotatable bonds is 10. The molecular weight excluding hydrogens is 345 g/mol. The first-order valence-electron chi connectivity index (χ1n) is 8.33. The molecule has 0 bridgehead atoms. The fourth-order valence-electron chi connectivity index (χ4n) is 2.82. The number of carboxylic acids is 1. The molecule has 0 aromatic heterocycles. The molecule has 7 nitrogen and oxygen atoms in total. The summed E-state index contributed by atoms with van der Waals surface area (Å²) in [5, 5.41) is 11.8. The number of aliphatic carboxylic acids is 1. The topological polar surface area (TPSA) is 124 Å². The van der Waals surface area contributed by atoms with Gasteiger partial charge in [0.25, 0.3) is 0 Å². The van der Waals surface area contributed by atoms with Crippen molar-refractivity contribution >= 4 is 19.5 Å². The van der Waals surface area contributed by atoms with Crippen LogP contribution in [-0.2, 0) is 20.6 Å². The predicted octanol–water partition coefficient (Wildman–Crippen LogP) is 1.64. The lowest BCUT2D eigenvalue weighted by Crippen LogP contribution is -2.39. The molecule has 8 heteroatoms. The lowest BCUT2D eigenvalue weighted by Gasteiger charge is -2.19. The van der Waals surface area contributed by atoms with E-state index in [0.717, 1.165) is 18.4 Å². The molecule has 0 aliphatic heterocycles. The Bertz CT molecular complexity index is 640. The summed E-state index contributed by atoms with van der Waals surface area (Å²) < 4.78 is 11.4. The van der Waals surface area contributed by atoms with E-state index in [0.29, 0.717) is 12.3 Å². The minimum Gasteiger partial charge on any atom is -0.481 e. The molecule has 4 N–H and O–H groups in total. The van der Waals surface area contributed by atoms with Crippen LogP contribution in [0.1, 0.15) is 24.8 Å². The van der Waals surface area contributed by atoms with Crippen LogP contribution in [0.5, 0.6) is 0 Å². The Morgan fingerprint density at radius 1 is 1.16 bits per heavy atom. The van der Waals surface area contributed by atoms with Crippen LogP contribution in [0.25, 0.3) is 0 Å². The largest absolute Gasteiger partial charge is 0.481 e. The second kappa shape index (κ2) is 8.61. The first kappa shape index (κ1) is 19.6. The van der Waals surface area contributed by atoms with Crippen molar-refractivity contribution in [2.45, 2.75) is 25.7 Å². The van der Waals surface area contributed by atoms with Gasteiger partial charge in [-0.3, -0.25) is 14.2 Å². The van der Waals surface area contributed by atoms with E-state index in [2.05, 4.69) is 5.32 Å². The van der Waals surface area contributed by atoms with Gasteiger partial charge in [-0.15, -0.1) is 0 Å². The second-order valence-corrected chi connectivity index (χ2v) is 8.39. The molecule has 0 spiro atoms. The van der Waals surface area contributed by atoms with Gasteiger partial charge in [0.2, 0.25) is 5.91 Å². The van der Waals surface area contributed by atoms with Crippen molar-refractivity contribution in [2.75, 3.05) is 12.7 Å². The van der Waals surface area contributed by atoms with Crippen molar-refractivity contribution in [1.29, 1.82) is 0 Å². The third-order valence-electron chi connectivity index (χ3n) is 4.34. The minimum atomic E-state index is -4.37. The lowest BCUT2D eigenvalue weighted by molar-refractivity contribution is -0.142. The zero-order valence-electron chi connectivity index (χ0n) is 13.9. The number of benzene rings is 1. The molecular formula is C17H24NO6P. The molecule has 138 valence electrons. The third kappa shape index (κ3) is 7.38. The Morgan fingerprint density at radius 2 is 1.80 bits per heavy atom. The summed E-state index contributed by atoms with van der Waals surface area (Å²) in [5.41, 5.74) is 0.795. The summed E-state index contributed by atoms with van der Waals surface area (Å²) in [6.45, 7) is -0.0168. The molecule has 0 saturated heterocycles. The van der Waals surface area contributed by atoms with Gasteiger partial charge in [-0.25, -0.2) is 0 Å². The summed E-state index contributed by atoms with van der Waals surface area (Å²) in [6, 6.07) is 8.97. The van der Waals surface area contributed by atoms with Gasteiger partial charge in [0.15, 0.2) is 0 Å². The molecule has 0 radical (unpaired) electrons. The van der Waals surface area contributed by atoms with Crippen LogP contribution in [0.15, 0.2) is 30.3 Å². The standard InChI is InChI=1S/C17H24NO6P/c19-16(18-10-14(17(20)21)8-13-6-7-13)15(11-25(22,23)24)9-12-4-2-1-3-5-12/h1-5,13-15H,6-11H2,(H,18,19)(H,20,21)(H2,22,23,24). The Balaban J connectivity index is 1.98. The van der Waals surface area contributed by atoms with E-state index in [9.17, 15) is 29.0 Å². The number of nitrogens with one attached hydrogen (secondary N) is 1.